The Hall–Kier alpha value is -3.56. The molecule has 0 N–H and O–H groups in total. The molecule has 0 atom stereocenters. The number of methoxy groups -OCH3 is 1. The van der Waals surface area contributed by atoms with Gasteiger partial charge in [0.2, 0.25) is 0 Å². The number of aryl methyl sites for hydroxylation is 2. The third kappa shape index (κ3) is 4.54. The summed E-state index contributed by atoms with van der Waals surface area (Å²) in [6.07, 6.45) is 8.33. The zero-order valence-corrected chi connectivity index (χ0v) is 24.8. The Morgan fingerprint density at radius 1 is 0.738 bits per heavy atom. The van der Waals surface area contributed by atoms with Crippen molar-refractivity contribution in [1.29, 1.82) is 0 Å². The third-order valence-electron chi connectivity index (χ3n) is 7.38. The number of ether oxygens (including phenoxy) is 1. The van der Waals surface area contributed by atoms with E-state index in [9.17, 15) is 0 Å². The SMILES string of the molecule is C=CC=Cc1sc(C)c(C2=C(c3c(C)sc4cc(C=Cc5ccc(OC)cc5)ccc34)C(F)(F)C(F)(F)C2(F)F)c1C. The second-order valence-corrected chi connectivity index (χ2v) is 12.5. The van der Waals surface area contributed by atoms with E-state index in [1.165, 1.54) is 32.9 Å². The van der Waals surface area contributed by atoms with Crippen molar-refractivity contribution >= 4 is 62.1 Å². The van der Waals surface area contributed by atoms with Gasteiger partial charge in [0.05, 0.1) is 7.11 Å². The second kappa shape index (κ2) is 10.6. The van der Waals surface area contributed by atoms with Gasteiger partial charge in [0.1, 0.15) is 5.75 Å². The highest BCUT2D eigenvalue weighted by Crippen LogP contribution is 2.66. The summed E-state index contributed by atoms with van der Waals surface area (Å²) in [6, 6.07) is 12.3. The van der Waals surface area contributed by atoms with Crippen LogP contribution in [0.5, 0.6) is 5.75 Å². The van der Waals surface area contributed by atoms with Crippen molar-refractivity contribution in [3.63, 3.8) is 0 Å². The van der Waals surface area contributed by atoms with E-state index in [0.717, 1.165) is 33.8 Å². The Balaban J connectivity index is 1.71. The fourth-order valence-corrected chi connectivity index (χ4v) is 7.51. The van der Waals surface area contributed by atoms with E-state index >= 15 is 26.3 Å². The topological polar surface area (TPSA) is 9.23 Å². The van der Waals surface area contributed by atoms with Crippen LogP contribution in [0.15, 0.2) is 61.2 Å². The molecule has 0 radical (unpaired) electrons. The van der Waals surface area contributed by atoms with Crippen LogP contribution in [0.4, 0.5) is 26.3 Å². The van der Waals surface area contributed by atoms with Gasteiger partial charge in [-0.3, -0.25) is 0 Å². The molecule has 42 heavy (non-hydrogen) atoms. The van der Waals surface area contributed by atoms with Crippen LogP contribution in [0.1, 0.15) is 42.4 Å². The summed E-state index contributed by atoms with van der Waals surface area (Å²) in [5, 5.41) is 0.220. The number of thiophene rings is 2. The zero-order valence-electron chi connectivity index (χ0n) is 23.1. The molecule has 4 aromatic rings. The van der Waals surface area contributed by atoms with Crippen LogP contribution < -0.4 is 4.74 Å². The van der Waals surface area contributed by atoms with E-state index < -0.39 is 28.9 Å². The van der Waals surface area contributed by atoms with Gasteiger partial charge in [-0.15, -0.1) is 22.7 Å². The van der Waals surface area contributed by atoms with Gasteiger partial charge in [0.25, 0.3) is 0 Å². The molecule has 5 rings (SSSR count). The summed E-state index contributed by atoms with van der Waals surface area (Å²) in [4.78, 5) is 1.00. The summed E-state index contributed by atoms with van der Waals surface area (Å²) in [7, 11) is 1.57. The van der Waals surface area contributed by atoms with E-state index in [0.29, 0.717) is 15.3 Å². The Morgan fingerprint density at radius 3 is 1.93 bits per heavy atom. The molecule has 2 heterocycles. The quantitative estimate of drug-likeness (QED) is 0.114. The first-order valence-corrected chi connectivity index (χ1v) is 14.5. The van der Waals surface area contributed by atoms with E-state index in [1.54, 1.807) is 31.4 Å². The molecule has 2 aromatic heterocycles. The molecular weight excluding hydrogens is 590 g/mol. The van der Waals surface area contributed by atoms with Gasteiger partial charge in [-0.1, -0.05) is 55.1 Å². The van der Waals surface area contributed by atoms with E-state index in [1.807, 2.05) is 36.4 Å². The van der Waals surface area contributed by atoms with Crippen molar-refractivity contribution in [3.05, 3.63) is 104 Å². The summed E-state index contributed by atoms with van der Waals surface area (Å²) < 4.78 is 98.4. The van der Waals surface area contributed by atoms with Gasteiger partial charge < -0.3 is 4.74 Å². The van der Waals surface area contributed by atoms with Gasteiger partial charge in [-0.2, -0.15) is 26.3 Å². The molecule has 218 valence electrons. The maximum Gasteiger partial charge on any atom is 0.380 e. The zero-order chi connectivity index (χ0) is 30.6. The first-order valence-electron chi connectivity index (χ1n) is 12.9. The minimum atomic E-state index is -5.62. The molecule has 0 saturated carbocycles. The van der Waals surface area contributed by atoms with Crippen molar-refractivity contribution in [3.8, 4) is 5.75 Å². The predicted molar refractivity (Wildman–Crippen MR) is 163 cm³/mol. The number of rotatable bonds is 7. The van der Waals surface area contributed by atoms with Crippen molar-refractivity contribution in [2.24, 2.45) is 0 Å². The molecule has 1 aliphatic carbocycles. The Morgan fingerprint density at radius 2 is 1.31 bits per heavy atom. The van der Waals surface area contributed by atoms with Crippen LogP contribution in [0.2, 0.25) is 0 Å². The highest BCUT2D eigenvalue weighted by atomic mass is 32.1. The maximum absolute atomic E-state index is 15.7. The lowest BCUT2D eigenvalue weighted by molar-refractivity contribution is -0.254. The van der Waals surface area contributed by atoms with Crippen molar-refractivity contribution in [2.75, 3.05) is 7.11 Å². The molecule has 2 aromatic carbocycles. The Kier molecular flexibility index (Phi) is 7.56. The molecule has 9 heteroatoms. The largest absolute Gasteiger partial charge is 0.497 e. The summed E-state index contributed by atoms with van der Waals surface area (Å²) >= 11 is 2.18. The van der Waals surface area contributed by atoms with Crippen molar-refractivity contribution < 1.29 is 31.1 Å². The molecular formula is C33H26F6OS2. The van der Waals surface area contributed by atoms with Crippen LogP contribution >= 0.6 is 22.7 Å². The average Bonchev–Trinajstić information content (AvgIpc) is 3.45. The molecule has 0 saturated heterocycles. The number of halogens is 6. The van der Waals surface area contributed by atoms with Crippen molar-refractivity contribution in [2.45, 2.75) is 38.5 Å². The number of benzene rings is 2. The van der Waals surface area contributed by atoms with E-state index in [2.05, 4.69) is 6.58 Å². The molecule has 0 bridgehead atoms. The van der Waals surface area contributed by atoms with Crippen LogP contribution in [0.3, 0.4) is 0 Å². The third-order valence-corrected chi connectivity index (χ3v) is 9.62. The van der Waals surface area contributed by atoms with Crippen LogP contribution in [0.25, 0.3) is 39.5 Å². The molecule has 0 fully saturated rings. The highest BCUT2D eigenvalue weighted by Gasteiger charge is 2.80. The average molecular weight is 617 g/mol. The first-order chi connectivity index (χ1) is 19.8. The van der Waals surface area contributed by atoms with Crippen LogP contribution in [-0.4, -0.2) is 24.9 Å². The number of fused-ring (bicyclic) bond motifs is 1. The Labute approximate surface area is 247 Å². The molecule has 0 aliphatic heterocycles. The van der Waals surface area contributed by atoms with E-state index in [4.69, 9.17) is 4.74 Å². The lowest BCUT2D eigenvalue weighted by Gasteiger charge is -2.26. The summed E-state index contributed by atoms with van der Waals surface area (Å²) in [6.45, 7) is 8.04. The predicted octanol–water partition coefficient (Wildman–Crippen LogP) is 11.1. The highest BCUT2D eigenvalue weighted by molar-refractivity contribution is 7.19. The van der Waals surface area contributed by atoms with E-state index in [-0.39, 0.29) is 31.8 Å². The summed E-state index contributed by atoms with van der Waals surface area (Å²) in [5.41, 5.74) is -1.30. The standard InChI is InChI=1S/C33H26F6OS2/c1-6-7-8-25-18(2)27(19(3)41-25)29-30(32(36,37)33(38,39)31(29,34)35)28-20(4)42-26-17-22(13-16-24(26)28)10-9-21-11-14-23(40-5)15-12-21/h6-17H,1H2,2-5H3. The molecule has 0 spiro atoms. The monoisotopic (exact) mass is 616 g/mol. The number of hydrogen-bond acceptors (Lipinski definition) is 3. The minimum Gasteiger partial charge on any atom is -0.497 e. The minimum absolute atomic E-state index is 0.220. The van der Waals surface area contributed by atoms with Crippen molar-refractivity contribution in [1.82, 2.24) is 0 Å². The number of alkyl halides is 6. The fourth-order valence-electron chi connectivity index (χ4n) is 5.30. The van der Waals surface area contributed by atoms with Gasteiger partial charge in [-0.05, 0) is 61.7 Å². The summed E-state index contributed by atoms with van der Waals surface area (Å²) in [5.74, 6) is -15.1. The second-order valence-electron chi connectivity index (χ2n) is 9.99. The maximum atomic E-state index is 15.7. The number of allylic oxidation sites excluding steroid dienone is 4. The molecule has 0 unspecified atom stereocenters. The molecule has 1 aliphatic rings. The first kappa shape index (κ1) is 29.9. The van der Waals surface area contributed by atoms with Gasteiger partial charge in [0, 0.05) is 47.0 Å². The van der Waals surface area contributed by atoms with Gasteiger partial charge in [0.15, 0.2) is 0 Å². The van der Waals surface area contributed by atoms with Gasteiger partial charge >= 0.3 is 17.8 Å². The normalized spacial score (nSPS) is 17.7. The van der Waals surface area contributed by atoms with Crippen LogP contribution in [-0.2, 0) is 0 Å². The molecule has 1 nitrogen and oxygen atoms in total. The lowest BCUT2D eigenvalue weighted by atomic mass is 9.91. The molecule has 0 amide bonds. The Bertz CT molecular complexity index is 1790. The number of hydrogen-bond donors (Lipinski definition) is 0. The lowest BCUT2D eigenvalue weighted by Crippen LogP contribution is -2.49. The van der Waals surface area contributed by atoms with Gasteiger partial charge in [-0.25, -0.2) is 0 Å². The fraction of sp³-hybridized carbons (Fsp3) is 0.212. The van der Waals surface area contributed by atoms with Crippen LogP contribution in [0, 0.1) is 20.8 Å². The smallest absolute Gasteiger partial charge is 0.380 e.